The summed E-state index contributed by atoms with van der Waals surface area (Å²) < 4.78 is 0. The molecule has 3 heteroatoms. The third kappa shape index (κ3) is 4.41. The SMILES string of the molecule is CC(=O)N(Cc1ccc(-c2ccccc2)cc1)c1ccc2c(c1)CCC(CN)C2. The Morgan fingerprint density at radius 1 is 0.966 bits per heavy atom. The van der Waals surface area contributed by atoms with Crippen molar-refractivity contribution in [3.05, 3.63) is 89.5 Å². The van der Waals surface area contributed by atoms with Gasteiger partial charge in [-0.05, 0) is 71.7 Å². The summed E-state index contributed by atoms with van der Waals surface area (Å²) in [6.45, 7) is 2.97. The average molecular weight is 385 g/mol. The molecule has 0 heterocycles. The van der Waals surface area contributed by atoms with Gasteiger partial charge in [-0.2, -0.15) is 0 Å². The van der Waals surface area contributed by atoms with Gasteiger partial charge >= 0.3 is 0 Å². The fourth-order valence-corrected chi connectivity index (χ4v) is 4.19. The monoisotopic (exact) mass is 384 g/mol. The zero-order valence-corrected chi connectivity index (χ0v) is 17.0. The lowest BCUT2D eigenvalue weighted by Gasteiger charge is -2.27. The molecule has 29 heavy (non-hydrogen) atoms. The molecule has 0 aliphatic heterocycles. The third-order valence-corrected chi connectivity index (χ3v) is 5.95. The van der Waals surface area contributed by atoms with Crippen LogP contribution in [-0.2, 0) is 24.2 Å². The fraction of sp³-hybridized carbons (Fsp3) is 0.269. The van der Waals surface area contributed by atoms with Gasteiger partial charge in [0.05, 0.1) is 6.54 Å². The zero-order chi connectivity index (χ0) is 20.2. The molecule has 148 valence electrons. The van der Waals surface area contributed by atoms with Crippen LogP contribution in [0.15, 0.2) is 72.8 Å². The van der Waals surface area contributed by atoms with Gasteiger partial charge < -0.3 is 10.6 Å². The molecule has 0 bridgehead atoms. The van der Waals surface area contributed by atoms with Gasteiger partial charge in [0.25, 0.3) is 0 Å². The van der Waals surface area contributed by atoms with Gasteiger partial charge in [-0.25, -0.2) is 0 Å². The number of aryl methyl sites for hydroxylation is 1. The molecular formula is C26H28N2O. The number of nitrogens with zero attached hydrogens (tertiary/aromatic N) is 1. The van der Waals surface area contributed by atoms with Crippen LogP contribution < -0.4 is 10.6 Å². The molecule has 0 fully saturated rings. The Balaban J connectivity index is 1.54. The molecule has 4 rings (SSSR count). The van der Waals surface area contributed by atoms with Gasteiger partial charge in [0.15, 0.2) is 0 Å². The highest BCUT2D eigenvalue weighted by Crippen LogP contribution is 2.30. The van der Waals surface area contributed by atoms with Crippen molar-refractivity contribution in [1.82, 2.24) is 0 Å². The molecule has 3 aromatic carbocycles. The summed E-state index contributed by atoms with van der Waals surface area (Å²) in [4.78, 5) is 14.3. The molecule has 2 N–H and O–H groups in total. The summed E-state index contributed by atoms with van der Waals surface area (Å²) in [5, 5.41) is 0. The predicted octanol–water partition coefficient (Wildman–Crippen LogP) is 4.97. The number of benzene rings is 3. The van der Waals surface area contributed by atoms with Crippen LogP contribution in [0, 0.1) is 5.92 Å². The Morgan fingerprint density at radius 2 is 1.69 bits per heavy atom. The molecule has 0 spiro atoms. The number of carbonyl (C=O) groups is 1. The van der Waals surface area contributed by atoms with Crippen LogP contribution in [0.4, 0.5) is 5.69 Å². The van der Waals surface area contributed by atoms with Gasteiger partial charge in [0.1, 0.15) is 0 Å². The molecule has 1 aliphatic rings. The molecule has 0 radical (unpaired) electrons. The van der Waals surface area contributed by atoms with Crippen LogP contribution >= 0.6 is 0 Å². The van der Waals surface area contributed by atoms with E-state index in [0.29, 0.717) is 12.5 Å². The van der Waals surface area contributed by atoms with Crippen molar-refractivity contribution in [3.63, 3.8) is 0 Å². The Morgan fingerprint density at radius 3 is 2.38 bits per heavy atom. The first kappa shape index (κ1) is 19.4. The van der Waals surface area contributed by atoms with E-state index in [0.717, 1.165) is 37.1 Å². The van der Waals surface area contributed by atoms with Gasteiger partial charge in [-0.1, -0.05) is 60.7 Å². The quantitative estimate of drug-likeness (QED) is 0.675. The largest absolute Gasteiger partial charge is 0.330 e. The van der Waals surface area contributed by atoms with E-state index in [-0.39, 0.29) is 5.91 Å². The number of hydrogen-bond acceptors (Lipinski definition) is 2. The lowest BCUT2D eigenvalue weighted by Crippen LogP contribution is -2.28. The molecule has 0 saturated carbocycles. The second-order valence-corrected chi connectivity index (χ2v) is 7.97. The van der Waals surface area contributed by atoms with Crippen LogP contribution in [-0.4, -0.2) is 12.5 Å². The number of rotatable bonds is 5. The molecule has 3 aromatic rings. The number of carbonyl (C=O) groups excluding carboxylic acids is 1. The number of hydrogen-bond donors (Lipinski definition) is 1. The number of anilines is 1. The maximum Gasteiger partial charge on any atom is 0.224 e. The number of fused-ring (bicyclic) bond motifs is 1. The van der Waals surface area contributed by atoms with Crippen molar-refractivity contribution in [2.24, 2.45) is 11.7 Å². The summed E-state index contributed by atoms with van der Waals surface area (Å²) in [6.07, 6.45) is 3.23. The topological polar surface area (TPSA) is 46.3 Å². The second kappa shape index (κ2) is 8.62. The maximum absolute atomic E-state index is 12.4. The van der Waals surface area contributed by atoms with Crippen molar-refractivity contribution in [2.45, 2.75) is 32.7 Å². The third-order valence-electron chi connectivity index (χ3n) is 5.95. The molecule has 1 unspecified atom stereocenters. The first-order chi connectivity index (χ1) is 14.1. The highest BCUT2D eigenvalue weighted by atomic mass is 16.2. The first-order valence-corrected chi connectivity index (χ1v) is 10.4. The van der Waals surface area contributed by atoms with Crippen molar-refractivity contribution in [3.8, 4) is 11.1 Å². The van der Waals surface area contributed by atoms with E-state index >= 15 is 0 Å². The second-order valence-electron chi connectivity index (χ2n) is 7.97. The van der Waals surface area contributed by atoms with Crippen molar-refractivity contribution < 1.29 is 4.79 Å². The van der Waals surface area contributed by atoms with Crippen LogP contribution in [0.3, 0.4) is 0 Å². The molecule has 1 atom stereocenters. The summed E-state index contributed by atoms with van der Waals surface area (Å²) >= 11 is 0. The summed E-state index contributed by atoms with van der Waals surface area (Å²) in [5.41, 5.74) is 13.1. The first-order valence-electron chi connectivity index (χ1n) is 10.4. The van der Waals surface area contributed by atoms with E-state index in [1.54, 1.807) is 6.92 Å². The van der Waals surface area contributed by atoms with Crippen LogP contribution in [0.25, 0.3) is 11.1 Å². The van der Waals surface area contributed by atoms with Crippen LogP contribution in [0.2, 0.25) is 0 Å². The fourth-order valence-electron chi connectivity index (χ4n) is 4.19. The van der Waals surface area contributed by atoms with Crippen LogP contribution in [0.1, 0.15) is 30.0 Å². The summed E-state index contributed by atoms with van der Waals surface area (Å²) in [5.74, 6) is 0.646. The molecular weight excluding hydrogens is 356 g/mol. The van der Waals surface area contributed by atoms with E-state index in [9.17, 15) is 4.79 Å². The summed E-state index contributed by atoms with van der Waals surface area (Å²) in [6, 6.07) is 25.3. The minimum atomic E-state index is 0.0627. The highest BCUT2D eigenvalue weighted by molar-refractivity contribution is 5.91. The lowest BCUT2D eigenvalue weighted by molar-refractivity contribution is -0.116. The average Bonchev–Trinajstić information content (AvgIpc) is 2.77. The highest BCUT2D eigenvalue weighted by Gasteiger charge is 2.20. The van der Waals surface area contributed by atoms with Crippen LogP contribution in [0.5, 0.6) is 0 Å². The van der Waals surface area contributed by atoms with Crippen molar-refractivity contribution >= 4 is 11.6 Å². The molecule has 0 saturated heterocycles. The minimum Gasteiger partial charge on any atom is -0.330 e. The Labute approximate surface area is 173 Å². The summed E-state index contributed by atoms with van der Waals surface area (Å²) in [7, 11) is 0. The Kier molecular flexibility index (Phi) is 5.77. The normalized spacial score (nSPS) is 15.6. The zero-order valence-electron chi connectivity index (χ0n) is 17.0. The van der Waals surface area contributed by atoms with E-state index in [1.807, 2.05) is 23.1 Å². The van der Waals surface area contributed by atoms with Crippen molar-refractivity contribution in [1.29, 1.82) is 0 Å². The van der Waals surface area contributed by atoms with E-state index in [1.165, 1.54) is 22.3 Å². The maximum atomic E-state index is 12.4. The molecule has 3 nitrogen and oxygen atoms in total. The van der Waals surface area contributed by atoms with Gasteiger partial charge in [0.2, 0.25) is 5.91 Å². The van der Waals surface area contributed by atoms with Gasteiger partial charge in [-0.3, -0.25) is 4.79 Å². The lowest BCUT2D eigenvalue weighted by atomic mass is 9.83. The van der Waals surface area contributed by atoms with E-state index in [4.69, 9.17) is 5.73 Å². The van der Waals surface area contributed by atoms with Gasteiger partial charge in [0, 0.05) is 12.6 Å². The Hall–Kier alpha value is -2.91. The molecule has 0 aromatic heterocycles. The molecule has 1 amide bonds. The minimum absolute atomic E-state index is 0.0627. The molecule has 1 aliphatic carbocycles. The smallest absolute Gasteiger partial charge is 0.224 e. The predicted molar refractivity (Wildman–Crippen MR) is 120 cm³/mol. The standard InChI is InChI=1S/C26H28N2O/c1-19(29)28(26-14-13-24-15-21(17-27)9-12-25(24)16-26)18-20-7-10-23(11-8-20)22-5-3-2-4-6-22/h2-8,10-11,13-14,16,21H,9,12,15,17-18,27H2,1H3. The number of nitrogens with two attached hydrogens (primary N) is 1. The van der Waals surface area contributed by atoms with E-state index in [2.05, 4.69) is 54.6 Å². The number of amides is 1. The van der Waals surface area contributed by atoms with Crippen molar-refractivity contribution in [2.75, 3.05) is 11.4 Å². The van der Waals surface area contributed by atoms with E-state index < -0.39 is 0 Å². The van der Waals surface area contributed by atoms with Gasteiger partial charge in [-0.15, -0.1) is 0 Å². The Bertz CT molecular complexity index is 979.